The van der Waals surface area contributed by atoms with E-state index in [2.05, 4.69) is 132 Å². The molecule has 0 fully saturated rings. The van der Waals surface area contributed by atoms with E-state index in [0.29, 0.717) is 5.82 Å². The van der Waals surface area contributed by atoms with Crippen molar-refractivity contribution < 1.29 is 0 Å². The summed E-state index contributed by atoms with van der Waals surface area (Å²) in [5, 5.41) is 12.5. The monoisotopic (exact) mass is 650 g/mol. The molecule has 6 aromatic rings. The van der Waals surface area contributed by atoms with Crippen molar-refractivity contribution in [3.05, 3.63) is 190 Å². The van der Waals surface area contributed by atoms with Crippen molar-refractivity contribution in [2.24, 2.45) is 0 Å². The van der Waals surface area contributed by atoms with Crippen LogP contribution in [0.25, 0.3) is 55.9 Å². The minimum absolute atomic E-state index is 0.0110. The maximum absolute atomic E-state index is 5.05. The van der Waals surface area contributed by atoms with Crippen molar-refractivity contribution in [3.63, 3.8) is 0 Å². The van der Waals surface area contributed by atoms with E-state index in [4.69, 9.17) is 15.3 Å². The van der Waals surface area contributed by atoms with E-state index in [1.54, 1.807) is 0 Å². The van der Waals surface area contributed by atoms with Crippen LogP contribution in [-0.4, -0.2) is 21.9 Å². The zero-order valence-corrected chi connectivity index (χ0v) is 27.4. The van der Waals surface area contributed by atoms with Crippen LogP contribution in [0.3, 0.4) is 0 Å². The van der Waals surface area contributed by atoms with E-state index in [1.165, 1.54) is 38.4 Å². The first-order valence-electron chi connectivity index (χ1n) is 16.5. The lowest BCUT2D eigenvalue weighted by Crippen LogP contribution is -2.39. The smallest absolute Gasteiger partial charge is 0.160 e. The van der Waals surface area contributed by atoms with Gasteiger partial charge in [0, 0.05) is 33.8 Å². The molecule has 3 aliphatic heterocycles. The maximum Gasteiger partial charge on any atom is 0.160 e. The summed E-state index contributed by atoms with van der Waals surface area (Å²) in [5.41, 5.74) is 13.2. The maximum atomic E-state index is 5.05. The summed E-state index contributed by atoms with van der Waals surface area (Å²) in [5.74, 6) is 0.711. The van der Waals surface area contributed by atoms with Gasteiger partial charge in [-0.15, -0.1) is 11.8 Å². The molecule has 0 saturated carbocycles. The minimum Gasteiger partial charge on any atom is -0.675 e. The molecule has 5 aromatic carbocycles. The molecular formula is C43H32N5S-. The number of aromatic nitrogens is 2. The second kappa shape index (κ2) is 12.7. The Hall–Kier alpha value is -5.69. The number of fused-ring (bicyclic) bond motifs is 2. The average Bonchev–Trinajstić information content (AvgIpc) is 3.56. The van der Waals surface area contributed by atoms with E-state index in [-0.39, 0.29) is 11.5 Å². The number of benzene rings is 5. The Morgan fingerprint density at radius 2 is 1.14 bits per heavy atom. The molecular weight excluding hydrogens is 619 g/mol. The zero-order valence-electron chi connectivity index (χ0n) is 26.6. The number of thioether (sulfide) groups is 1. The van der Waals surface area contributed by atoms with Gasteiger partial charge < -0.3 is 10.6 Å². The van der Waals surface area contributed by atoms with Crippen molar-refractivity contribution in [3.8, 4) is 45.0 Å². The van der Waals surface area contributed by atoms with Crippen LogP contribution in [0.4, 0.5) is 0 Å². The van der Waals surface area contributed by atoms with Gasteiger partial charge in [-0.3, -0.25) is 5.32 Å². The van der Waals surface area contributed by atoms with Crippen molar-refractivity contribution in [2.75, 3.05) is 6.54 Å². The lowest BCUT2D eigenvalue weighted by molar-refractivity contribution is 0.479. The summed E-state index contributed by atoms with van der Waals surface area (Å²) in [6.45, 7) is 0.808. The number of nitrogens with zero attached hydrogens (tertiary/aromatic N) is 3. The molecule has 2 atom stereocenters. The third-order valence-electron chi connectivity index (χ3n) is 9.20. The Balaban J connectivity index is 0.998. The fourth-order valence-electron chi connectivity index (χ4n) is 6.59. The number of allylic oxidation sites excluding steroid dienone is 2. The topological polar surface area (TPSA) is 63.9 Å². The number of rotatable bonds is 6. The minimum atomic E-state index is -0.0110. The van der Waals surface area contributed by atoms with E-state index in [1.807, 2.05) is 48.3 Å². The van der Waals surface area contributed by atoms with E-state index >= 15 is 0 Å². The third kappa shape index (κ3) is 5.86. The molecule has 2 N–H and O–H groups in total. The second-order valence-electron chi connectivity index (χ2n) is 12.3. The predicted octanol–water partition coefficient (Wildman–Crippen LogP) is 9.98. The first-order chi connectivity index (χ1) is 24.2. The first-order valence-corrected chi connectivity index (χ1v) is 17.4. The molecule has 0 bridgehead atoms. The summed E-state index contributed by atoms with van der Waals surface area (Å²) < 4.78 is 0. The fraction of sp³-hybridized carbons (Fsp3) is 0.0698. The molecule has 1 aromatic heterocycles. The Morgan fingerprint density at radius 1 is 0.592 bits per heavy atom. The third-order valence-corrected chi connectivity index (χ3v) is 10.4. The Bertz CT molecular complexity index is 2230. The van der Waals surface area contributed by atoms with Crippen LogP contribution in [0, 0.1) is 0 Å². The van der Waals surface area contributed by atoms with Crippen LogP contribution in [0.15, 0.2) is 174 Å². The van der Waals surface area contributed by atoms with E-state index in [9.17, 15) is 0 Å². The van der Waals surface area contributed by atoms with Gasteiger partial charge in [0.2, 0.25) is 0 Å². The average molecular weight is 651 g/mol. The number of hydrogen-bond acceptors (Lipinski definition) is 5. The molecule has 4 heterocycles. The highest BCUT2D eigenvalue weighted by Crippen LogP contribution is 2.48. The van der Waals surface area contributed by atoms with Gasteiger partial charge in [-0.05, 0) is 44.8 Å². The highest BCUT2D eigenvalue weighted by Gasteiger charge is 2.31. The van der Waals surface area contributed by atoms with Crippen molar-refractivity contribution in [1.82, 2.24) is 20.6 Å². The standard InChI is InChI=1S/C43H32N5S/c1-4-10-28(11-5-1)30-16-18-31(19-17-30)37-25-38(47-42(46-37)33-14-8-3-9-15-33)32-20-22-34(23-21-32)41-44-27-39-40(48-41)36-24-35(26-45-43(36)49-39)29-12-6-2-7-13-29/h1-26,41,43-44,48H,27H2/q-1. The van der Waals surface area contributed by atoms with Gasteiger partial charge in [-0.1, -0.05) is 146 Å². The predicted molar refractivity (Wildman–Crippen MR) is 202 cm³/mol. The summed E-state index contributed by atoms with van der Waals surface area (Å²) in [4.78, 5) is 11.4. The van der Waals surface area contributed by atoms with Crippen LogP contribution >= 0.6 is 11.8 Å². The Morgan fingerprint density at radius 3 is 1.80 bits per heavy atom. The van der Waals surface area contributed by atoms with Gasteiger partial charge in [0.05, 0.1) is 11.4 Å². The van der Waals surface area contributed by atoms with Crippen molar-refractivity contribution in [2.45, 2.75) is 11.5 Å². The zero-order chi connectivity index (χ0) is 32.6. The normalized spacial score (nSPS) is 18.0. The quantitative estimate of drug-likeness (QED) is 0.188. The Labute approximate surface area is 290 Å². The van der Waals surface area contributed by atoms with Gasteiger partial charge in [-0.25, -0.2) is 9.97 Å². The second-order valence-corrected chi connectivity index (χ2v) is 13.5. The van der Waals surface area contributed by atoms with Crippen LogP contribution in [-0.2, 0) is 0 Å². The van der Waals surface area contributed by atoms with Gasteiger partial charge in [0.15, 0.2) is 5.82 Å². The van der Waals surface area contributed by atoms with Gasteiger partial charge in [0.25, 0.3) is 0 Å². The highest BCUT2D eigenvalue weighted by atomic mass is 32.2. The van der Waals surface area contributed by atoms with Gasteiger partial charge in [0.1, 0.15) is 6.17 Å². The molecule has 9 rings (SSSR count). The molecule has 0 amide bonds. The van der Waals surface area contributed by atoms with Crippen LogP contribution in [0.5, 0.6) is 0 Å². The van der Waals surface area contributed by atoms with Crippen molar-refractivity contribution in [1.29, 1.82) is 0 Å². The molecule has 0 aliphatic carbocycles. The first kappa shape index (κ1) is 29.4. The lowest BCUT2D eigenvalue weighted by atomic mass is 9.98. The molecule has 5 nitrogen and oxygen atoms in total. The molecule has 2 unspecified atom stereocenters. The van der Waals surface area contributed by atoms with Crippen molar-refractivity contribution >= 4 is 17.3 Å². The summed E-state index contributed by atoms with van der Waals surface area (Å²) in [7, 11) is 0. The largest absolute Gasteiger partial charge is 0.675 e. The lowest BCUT2D eigenvalue weighted by Gasteiger charge is -2.33. The molecule has 0 radical (unpaired) electrons. The van der Waals surface area contributed by atoms with E-state index in [0.717, 1.165) is 40.2 Å². The summed E-state index contributed by atoms with van der Waals surface area (Å²) in [6.07, 6.45) is 4.30. The van der Waals surface area contributed by atoms with E-state index < -0.39 is 0 Å². The van der Waals surface area contributed by atoms with Gasteiger partial charge in [-0.2, -0.15) is 6.20 Å². The SMILES string of the molecule is C1=C(c2ccccc2)C=C2C3=C(CNC(c4ccc(-c5cc(-c6ccc(-c7ccccc7)cc6)nc(-c6ccccc6)n5)cc4)N3)SC2[N-]1. The fourth-order valence-corrected chi connectivity index (χ4v) is 7.76. The molecule has 6 heteroatoms. The molecule has 0 saturated heterocycles. The summed E-state index contributed by atoms with van der Waals surface area (Å²) >= 11 is 1.83. The highest BCUT2D eigenvalue weighted by molar-refractivity contribution is 8.04. The molecule has 0 spiro atoms. The number of nitrogens with one attached hydrogen (secondary N) is 2. The van der Waals surface area contributed by atoms with Crippen LogP contribution in [0.1, 0.15) is 17.3 Å². The van der Waals surface area contributed by atoms with Gasteiger partial charge >= 0.3 is 0 Å². The van der Waals surface area contributed by atoms with Crippen LogP contribution in [0.2, 0.25) is 0 Å². The summed E-state index contributed by atoms with van der Waals surface area (Å²) in [6, 6.07) is 50.6. The molecule has 236 valence electrons. The number of hydrogen-bond donors (Lipinski definition) is 2. The molecule has 49 heavy (non-hydrogen) atoms. The molecule has 3 aliphatic rings. The van der Waals surface area contributed by atoms with Crippen LogP contribution < -0.4 is 10.6 Å². The Kier molecular flexibility index (Phi) is 7.65.